The van der Waals surface area contributed by atoms with Crippen molar-refractivity contribution in [3.05, 3.63) is 12.7 Å². The van der Waals surface area contributed by atoms with Crippen LogP contribution >= 0.6 is 0 Å². The topological polar surface area (TPSA) is 49.3 Å². The molecule has 0 bridgehead atoms. The Labute approximate surface area is 91.6 Å². The van der Waals surface area contributed by atoms with Gasteiger partial charge >= 0.3 is 5.97 Å². The van der Waals surface area contributed by atoms with E-state index in [1.807, 2.05) is 6.08 Å². The van der Waals surface area contributed by atoms with Crippen LogP contribution in [0, 0.1) is 5.92 Å². The SMILES string of the molecule is C=CCCCNC1CCCC(C(=O)O)C1. The number of rotatable bonds is 6. The first kappa shape index (κ1) is 12.2. The molecular weight excluding hydrogens is 190 g/mol. The summed E-state index contributed by atoms with van der Waals surface area (Å²) >= 11 is 0. The normalized spacial score (nSPS) is 26.1. The molecule has 0 aromatic carbocycles. The molecule has 1 saturated carbocycles. The van der Waals surface area contributed by atoms with Crippen LogP contribution < -0.4 is 5.32 Å². The smallest absolute Gasteiger partial charge is 0.306 e. The number of allylic oxidation sites excluding steroid dienone is 1. The van der Waals surface area contributed by atoms with E-state index in [0.29, 0.717) is 6.04 Å². The second-order valence-electron chi connectivity index (χ2n) is 4.28. The lowest BCUT2D eigenvalue weighted by Crippen LogP contribution is -2.36. The number of aliphatic carboxylic acids is 1. The van der Waals surface area contributed by atoms with Crippen molar-refractivity contribution in [2.75, 3.05) is 6.54 Å². The summed E-state index contributed by atoms with van der Waals surface area (Å²) in [6.07, 6.45) is 7.85. The fraction of sp³-hybridized carbons (Fsp3) is 0.750. The van der Waals surface area contributed by atoms with Gasteiger partial charge < -0.3 is 10.4 Å². The summed E-state index contributed by atoms with van der Waals surface area (Å²) < 4.78 is 0. The number of carboxylic acids is 1. The highest BCUT2D eigenvalue weighted by Gasteiger charge is 2.26. The number of carboxylic acid groups (broad SMARTS) is 1. The van der Waals surface area contributed by atoms with Crippen LogP contribution in [0.15, 0.2) is 12.7 Å². The maximum atomic E-state index is 10.8. The van der Waals surface area contributed by atoms with Crippen molar-refractivity contribution in [1.82, 2.24) is 5.32 Å². The quantitative estimate of drug-likeness (QED) is 0.523. The van der Waals surface area contributed by atoms with Gasteiger partial charge in [-0.1, -0.05) is 12.5 Å². The highest BCUT2D eigenvalue weighted by atomic mass is 16.4. The fourth-order valence-electron chi connectivity index (χ4n) is 2.15. The van der Waals surface area contributed by atoms with Crippen LogP contribution in [0.25, 0.3) is 0 Å². The molecule has 86 valence electrons. The van der Waals surface area contributed by atoms with E-state index in [2.05, 4.69) is 11.9 Å². The van der Waals surface area contributed by atoms with Crippen molar-refractivity contribution >= 4 is 5.97 Å². The first-order chi connectivity index (χ1) is 7.24. The zero-order chi connectivity index (χ0) is 11.1. The monoisotopic (exact) mass is 211 g/mol. The van der Waals surface area contributed by atoms with E-state index in [9.17, 15) is 4.79 Å². The van der Waals surface area contributed by atoms with Crippen molar-refractivity contribution in [3.63, 3.8) is 0 Å². The van der Waals surface area contributed by atoms with Gasteiger partial charge in [0, 0.05) is 6.04 Å². The molecule has 1 rings (SSSR count). The van der Waals surface area contributed by atoms with Gasteiger partial charge in [0.1, 0.15) is 0 Å². The molecule has 3 heteroatoms. The zero-order valence-electron chi connectivity index (χ0n) is 9.24. The van der Waals surface area contributed by atoms with Crippen LogP contribution in [0.1, 0.15) is 38.5 Å². The van der Waals surface area contributed by atoms with E-state index in [1.54, 1.807) is 0 Å². The summed E-state index contributed by atoms with van der Waals surface area (Å²) in [5.41, 5.74) is 0. The van der Waals surface area contributed by atoms with E-state index in [0.717, 1.165) is 45.1 Å². The molecular formula is C12H21NO2. The average Bonchev–Trinajstić information content (AvgIpc) is 2.25. The second-order valence-corrected chi connectivity index (χ2v) is 4.28. The van der Waals surface area contributed by atoms with Gasteiger partial charge in [0.25, 0.3) is 0 Å². The van der Waals surface area contributed by atoms with Crippen molar-refractivity contribution in [3.8, 4) is 0 Å². The van der Waals surface area contributed by atoms with Crippen LogP contribution in [0.2, 0.25) is 0 Å². The van der Waals surface area contributed by atoms with Gasteiger partial charge in [0.2, 0.25) is 0 Å². The first-order valence-electron chi connectivity index (χ1n) is 5.81. The third-order valence-electron chi connectivity index (χ3n) is 3.04. The summed E-state index contributed by atoms with van der Waals surface area (Å²) in [4.78, 5) is 10.8. The number of hydrogen-bond donors (Lipinski definition) is 2. The lowest BCUT2D eigenvalue weighted by Gasteiger charge is -2.27. The number of nitrogens with one attached hydrogen (secondary N) is 1. The Morgan fingerprint density at radius 3 is 3.00 bits per heavy atom. The minimum Gasteiger partial charge on any atom is -0.481 e. The molecule has 2 unspecified atom stereocenters. The Morgan fingerprint density at radius 1 is 1.53 bits per heavy atom. The summed E-state index contributed by atoms with van der Waals surface area (Å²) in [7, 11) is 0. The molecule has 1 fully saturated rings. The van der Waals surface area contributed by atoms with E-state index in [4.69, 9.17) is 5.11 Å². The summed E-state index contributed by atoms with van der Waals surface area (Å²) in [5, 5.41) is 12.4. The van der Waals surface area contributed by atoms with Gasteiger partial charge in [-0.2, -0.15) is 0 Å². The third kappa shape index (κ3) is 4.47. The lowest BCUT2D eigenvalue weighted by atomic mass is 9.86. The van der Waals surface area contributed by atoms with Crippen molar-refractivity contribution in [1.29, 1.82) is 0 Å². The molecule has 2 N–H and O–H groups in total. The minimum atomic E-state index is -0.632. The van der Waals surface area contributed by atoms with Gasteiger partial charge in [0.05, 0.1) is 5.92 Å². The van der Waals surface area contributed by atoms with Crippen LogP contribution in [-0.4, -0.2) is 23.7 Å². The Kier molecular flexibility index (Phi) is 5.40. The summed E-state index contributed by atoms with van der Waals surface area (Å²) in [5.74, 6) is -0.761. The molecule has 0 saturated heterocycles. The van der Waals surface area contributed by atoms with E-state index >= 15 is 0 Å². The molecule has 15 heavy (non-hydrogen) atoms. The van der Waals surface area contributed by atoms with Crippen LogP contribution in [0.5, 0.6) is 0 Å². The van der Waals surface area contributed by atoms with E-state index in [1.165, 1.54) is 0 Å². The standard InChI is InChI=1S/C12H21NO2/c1-2-3-4-8-13-11-7-5-6-10(9-11)12(14)15/h2,10-11,13H,1,3-9H2,(H,14,15). The number of carbonyl (C=O) groups is 1. The minimum absolute atomic E-state index is 0.129. The van der Waals surface area contributed by atoms with E-state index < -0.39 is 5.97 Å². The van der Waals surface area contributed by atoms with Crippen LogP contribution in [0.4, 0.5) is 0 Å². The van der Waals surface area contributed by atoms with Gasteiger partial charge in [-0.15, -0.1) is 6.58 Å². The Bertz CT molecular complexity index is 216. The largest absolute Gasteiger partial charge is 0.481 e. The molecule has 0 amide bonds. The maximum absolute atomic E-state index is 10.8. The Balaban J connectivity index is 2.18. The van der Waals surface area contributed by atoms with Crippen molar-refractivity contribution in [2.45, 2.75) is 44.6 Å². The Morgan fingerprint density at radius 2 is 2.33 bits per heavy atom. The molecule has 0 aliphatic heterocycles. The Hall–Kier alpha value is -0.830. The second kappa shape index (κ2) is 6.62. The van der Waals surface area contributed by atoms with E-state index in [-0.39, 0.29) is 5.92 Å². The first-order valence-corrected chi connectivity index (χ1v) is 5.81. The predicted molar refractivity (Wildman–Crippen MR) is 60.8 cm³/mol. The molecule has 0 radical (unpaired) electrons. The zero-order valence-corrected chi connectivity index (χ0v) is 9.24. The maximum Gasteiger partial charge on any atom is 0.306 e. The van der Waals surface area contributed by atoms with Gasteiger partial charge in [-0.05, 0) is 38.6 Å². The molecule has 0 aromatic rings. The highest BCUT2D eigenvalue weighted by molar-refractivity contribution is 5.70. The molecule has 1 aliphatic carbocycles. The summed E-state index contributed by atoms with van der Waals surface area (Å²) in [6.45, 7) is 4.65. The average molecular weight is 211 g/mol. The molecule has 0 spiro atoms. The molecule has 0 aromatic heterocycles. The number of hydrogen-bond acceptors (Lipinski definition) is 2. The van der Waals surface area contributed by atoms with Crippen LogP contribution in [0.3, 0.4) is 0 Å². The summed E-state index contributed by atoms with van der Waals surface area (Å²) in [6, 6.07) is 0.407. The third-order valence-corrected chi connectivity index (χ3v) is 3.04. The fourth-order valence-corrected chi connectivity index (χ4v) is 2.15. The number of unbranched alkanes of at least 4 members (excludes halogenated alkanes) is 1. The lowest BCUT2D eigenvalue weighted by molar-refractivity contribution is -0.143. The molecule has 3 nitrogen and oxygen atoms in total. The molecule has 2 atom stereocenters. The molecule has 0 heterocycles. The predicted octanol–water partition coefficient (Wildman–Crippen LogP) is 2.19. The molecule has 1 aliphatic rings. The highest BCUT2D eigenvalue weighted by Crippen LogP contribution is 2.24. The van der Waals surface area contributed by atoms with Crippen molar-refractivity contribution in [2.24, 2.45) is 5.92 Å². The van der Waals surface area contributed by atoms with Gasteiger partial charge in [-0.25, -0.2) is 0 Å². The van der Waals surface area contributed by atoms with Gasteiger partial charge in [0.15, 0.2) is 0 Å². The van der Waals surface area contributed by atoms with Crippen LogP contribution in [-0.2, 0) is 4.79 Å². The van der Waals surface area contributed by atoms with Crippen molar-refractivity contribution < 1.29 is 9.90 Å². The van der Waals surface area contributed by atoms with Gasteiger partial charge in [-0.3, -0.25) is 4.79 Å².